The highest BCUT2D eigenvalue weighted by atomic mass is 16.6. The van der Waals surface area contributed by atoms with Gasteiger partial charge in [0.1, 0.15) is 0 Å². The van der Waals surface area contributed by atoms with E-state index in [9.17, 15) is 29.6 Å². The first kappa shape index (κ1) is 16.8. The van der Waals surface area contributed by atoms with E-state index in [0.29, 0.717) is 0 Å². The number of non-ortho nitro benzene ring substituents is 1. The van der Waals surface area contributed by atoms with Gasteiger partial charge in [0.2, 0.25) is 5.91 Å². The van der Waals surface area contributed by atoms with Crippen LogP contribution in [0.5, 0.6) is 0 Å². The van der Waals surface area contributed by atoms with Gasteiger partial charge in [-0.05, 0) is 24.3 Å². The van der Waals surface area contributed by atoms with Gasteiger partial charge in [0, 0.05) is 24.6 Å². The van der Waals surface area contributed by atoms with Crippen molar-refractivity contribution in [2.24, 2.45) is 0 Å². The van der Waals surface area contributed by atoms with Crippen molar-refractivity contribution >= 4 is 29.2 Å². The van der Waals surface area contributed by atoms with E-state index in [-0.39, 0.29) is 22.5 Å². The van der Waals surface area contributed by atoms with Crippen molar-refractivity contribution in [3.8, 4) is 0 Å². The predicted octanol–water partition coefficient (Wildman–Crippen LogP) is 2.49. The van der Waals surface area contributed by atoms with Gasteiger partial charge >= 0.3 is 5.97 Å². The predicted molar refractivity (Wildman–Crippen MR) is 84.0 cm³/mol. The molecule has 2 aromatic carbocycles. The molecule has 0 radical (unpaired) electrons. The third-order valence-corrected chi connectivity index (χ3v) is 3.22. The lowest BCUT2D eigenvalue weighted by atomic mass is 10.1. The summed E-state index contributed by atoms with van der Waals surface area (Å²) in [5, 5.41) is 19.9. The van der Waals surface area contributed by atoms with Gasteiger partial charge in [0.25, 0.3) is 11.6 Å². The Bertz CT molecular complexity index is 829. The highest BCUT2D eigenvalue weighted by molar-refractivity contribution is 6.22. The largest absolute Gasteiger partial charge is 0.478 e. The Labute approximate surface area is 136 Å². The average Bonchev–Trinajstić information content (AvgIpc) is 2.55. The fraction of sp³-hybridized carbons (Fsp3) is 0.0625. The first-order chi connectivity index (χ1) is 11.3. The first-order valence-corrected chi connectivity index (χ1v) is 6.74. The number of imide groups is 1. The van der Waals surface area contributed by atoms with E-state index in [1.807, 2.05) is 0 Å². The summed E-state index contributed by atoms with van der Waals surface area (Å²) >= 11 is 0. The summed E-state index contributed by atoms with van der Waals surface area (Å²) in [4.78, 5) is 46.6. The maximum atomic E-state index is 12.6. The third kappa shape index (κ3) is 3.27. The van der Waals surface area contributed by atoms with Crippen LogP contribution in [0.2, 0.25) is 0 Å². The quantitative estimate of drug-likeness (QED) is 0.680. The Hall–Kier alpha value is -3.55. The number of carboxylic acids is 1. The first-order valence-electron chi connectivity index (χ1n) is 6.74. The van der Waals surface area contributed by atoms with E-state index in [1.54, 1.807) is 0 Å². The molecule has 2 amide bonds. The van der Waals surface area contributed by atoms with Crippen LogP contribution in [-0.4, -0.2) is 27.8 Å². The lowest BCUT2D eigenvalue weighted by molar-refractivity contribution is -0.384. The van der Waals surface area contributed by atoms with Crippen LogP contribution in [-0.2, 0) is 4.79 Å². The minimum absolute atomic E-state index is 0.0241. The zero-order valence-electron chi connectivity index (χ0n) is 12.5. The number of hydrogen-bond donors (Lipinski definition) is 1. The van der Waals surface area contributed by atoms with Crippen LogP contribution in [0.1, 0.15) is 27.6 Å². The average molecular weight is 328 g/mol. The van der Waals surface area contributed by atoms with E-state index in [1.165, 1.54) is 36.4 Å². The van der Waals surface area contributed by atoms with E-state index in [0.717, 1.165) is 24.0 Å². The summed E-state index contributed by atoms with van der Waals surface area (Å²) in [7, 11) is 0. The molecule has 0 unspecified atom stereocenters. The molecule has 0 spiro atoms. The molecule has 0 fully saturated rings. The van der Waals surface area contributed by atoms with E-state index < -0.39 is 22.7 Å². The van der Waals surface area contributed by atoms with Gasteiger partial charge in [-0.1, -0.05) is 12.1 Å². The summed E-state index contributed by atoms with van der Waals surface area (Å²) in [5.74, 6) is -2.73. The number of carboxylic acid groups (broad SMARTS) is 1. The van der Waals surface area contributed by atoms with Gasteiger partial charge in [-0.3, -0.25) is 19.7 Å². The van der Waals surface area contributed by atoms with Gasteiger partial charge < -0.3 is 5.11 Å². The zero-order chi connectivity index (χ0) is 17.9. The maximum Gasteiger partial charge on any atom is 0.337 e. The number of nitro groups is 1. The van der Waals surface area contributed by atoms with Crippen LogP contribution in [0.4, 0.5) is 11.4 Å². The van der Waals surface area contributed by atoms with Crippen LogP contribution >= 0.6 is 0 Å². The Morgan fingerprint density at radius 2 is 1.62 bits per heavy atom. The molecular formula is C16H12N2O6. The van der Waals surface area contributed by atoms with Crippen molar-refractivity contribution in [2.45, 2.75) is 6.92 Å². The summed E-state index contributed by atoms with van der Waals surface area (Å²) in [6.45, 7) is 1.13. The molecule has 0 heterocycles. The van der Waals surface area contributed by atoms with Crippen molar-refractivity contribution in [3.63, 3.8) is 0 Å². The third-order valence-electron chi connectivity index (χ3n) is 3.22. The molecule has 24 heavy (non-hydrogen) atoms. The maximum absolute atomic E-state index is 12.6. The van der Waals surface area contributed by atoms with Gasteiger partial charge in [-0.2, -0.15) is 0 Å². The van der Waals surface area contributed by atoms with Crippen LogP contribution in [0.25, 0.3) is 0 Å². The monoisotopic (exact) mass is 328 g/mol. The number of carbonyl (C=O) groups is 3. The second-order valence-electron chi connectivity index (χ2n) is 4.79. The summed E-state index contributed by atoms with van der Waals surface area (Å²) in [5.41, 5.74) is -0.452. The molecule has 2 rings (SSSR count). The number of rotatable bonds is 4. The number of amides is 2. The van der Waals surface area contributed by atoms with Gasteiger partial charge in [0.05, 0.1) is 16.2 Å². The van der Waals surface area contributed by atoms with Crippen molar-refractivity contribution in [3.05, 3.63) is 69.8 Å². The standard InChI is InChI=1S/C16H12N2O6/c1-10(19)17(14-5-3-2-4-13(14)16(21)22)15(20)11-6-8-12(9-7-11)18(23)24/h2-9H,1H3,(H,21,22). The number of carbonyl (C=O) groups excluding carboxylic acids is 2. The van der Waals surface area contributed by atoms with E-state index >= 15 is 0 Å². The molecule has 8 nitrogen and oxygen atoms in total. The molecule has 0 saturated carbocycles. The summed E-state index contributed by atoms with van der Waals surface area (Å²) in [6.07, 6.45) is 0. The molecular weight excluding hydrogens is 316 g/mol. The molecule has 0 bridgehead atoms. The molecule has 0 aliphatic heterocycles. The topological polar surface area (TPSA) is 118 Å². The minimum Gasteiger partial charge on any atom is -0.478 e. The number of hydrogen-bond acceptors (Lipinski definition) is 5. The molecule has 0 aromatic heterocycles. The Morgan fingerprint density at radius 3 is 2.12 bits per heavy atom. The molecule has 0 saturated heterocycles. The van der Waals surface area contributed by atoms with Crippen LogP contribution < -0.4 is 4.90 Å². The molecule has 2 aromatic rings. The van der Waals surface area contributed by atoms with Gasteiger partial charge in [-0.15, -0.1) is 0 Å². The number of anilines is 1. The van der Waals surface area contributed by atoms with Crippen molar-refractivity contribution in [1.82, 2.24) is 0 Å². The van der Waals surface area contributed by atoms with Crippen LogP contribution in [0.15, 0.2) is 48.5 Å². The fourth-order valence-corrected chi connectivity index (χ4v) is 2.13. The number of benzene rings is 2. The van der Waals surface area contributed by atoms with Crippen LogP contribution in [0, 0.1) is 10.1 Å². The second-order valence-corrected chi connectivity index (χ2v) is 4.79. The lowest BCUT2D eigenvalue weighted by Crippen LogP contribution is -2.36. The fourth-order valence-electron chi connectivity index (χ4n) is 2.13. The molecule has 1 N–H and O–H groups in total. The molecule has 0 aliphatic rings. The zero-order valence-corrected chi connectivity index (χ0v) is 12.5. The normalized spacial score (nSPS) is 10.0. The highest BCUT2D eigenvalue weighted by Crippen LogP contribution is 2.23. The highest BCUT2D eigenvalue weighted by Gasteiger charge is 2.26. The SMILES string of the molecule is CC(=O)N(C(=O)c1ccc([N+](=O)[O-])cc1)c1ccccc1C(=O)O. The lowest BCUT2D eigenvalue weighted by Gasteiger charge is -2.21. The Morgan fingerprint density at radius 1 is 1.04 bits per heavy atom. The Balaban J connectivity index is 2.48. The number of nitro benzene ring substituents is 1. The Kier molecular flexibility index (Phi) is 4.69. The van der Waals surface area contributed by atoms with Gasteiger partial charge in [0.15, 0.2) is 0 Å². The summed E-state index contributed by atoms with van der Waals surface area (Å²) < 4.78 is 0. The minimum atomic E-state index is -1.28. The molecule has 0 atom stereocenters. The van der Waals surface area contributed by atoms with E-state index in [2.05, 4.69) is 0 Å². The molecule has 8 heteroatoms. The van der Waals surface area contributed by atoms with Crippen LogP contribution in [0.3, 0.4) is 0 Å². The van der Waals surface area contributed by atoms with Crippen molar-refractivity contribution in [1.29, 1.82) is 0 Å². The van der Waals surface area contributed by atoms with Crippen molar-refractivity contribution in [2.75, 3.05) is 4.90 Å². The van der Waals surface area contributed by atoms with Crippen molar-refractivity contribution < 1.29 is 24.4 Å². The second kappa shape index (κ2) is 6.69. The molecule has 122 valence electrons. The molecule has 0 aliphatic carbocycles. The van der Waals surface area contributed by atoms with Gasteiger partial charge in [-0.25, -0.2) is 9.69 Å². The van der Waals surface area contributed by atoms with E-state index in [4.69, 9.17) is 0 Å². The number of nitrogens with zero attached hydrogens (tertiary/aromatic N) is 2. The smallest absolute Gasteiger partial charge is 0.337 e. The number of aromatic carboxylic acids is 1. The number of para-hydroxylation sites is 1. The summed E-state index contributed by atoms with van der Waals surface area (Å²) in [6, 6.07) is 10.3.